The van der Waals surface area contributed by atoms with Gasteiger partial charge in [-0.2, -0.15) is 0 Å². The molecule has 0 aromatic heterocycles. The number of rotatable bonds is 7. The molecule has 2 unspecified atom stereocenters. The molecule has 0 aliphatic heterocycles. The Balaban J connectivity index is 1.60. The highest BCUT2D eigenvalue weighted by molar-refractivity contribution is 6.24. The SMILES string of the molecule is CN(C)c1cc(NC(=O)CCC2CCCC2)c(O)c2c1CC1CC3[C@H](N(C)C)C(=O)C(C(N)=O)=C(O)[C@@]3(O)C(=O)C1=C2O. The standard InChI is InChI=1S/C31H40N4O8/c1-34(2)19-13-18(33-20(36)10-9-14-7-5-6-8-14)25(37)22-16(19)11-15-12-17-24(35(3)4)27(39)23(30(32)42)29(41)31(17,43)28(40)21(15)26(22)38/h13-15,17,24,37-38,41,43H,5-12H2,1-4H3,(H2,32,42)(H,33,36)/t15?,17?,24-,31-/m0/s1. The van der Waals surface area contributed by atoms with Gasteiger partial charge >= 0.3 is 0 Å². The highest BCUT2D eigenvalue weighted by Crippen LogP contribution is 2.54. The fourth-order valence-electron chi connectivity index (χ4n) is 7.63. The fourth-order valence-corrected chi connectivity index (χ4v) is 7.63. The molecule has 0 bridgehead atoms. The first-order valence-electron chi connectivity index (χ1n) is 14.7. The number of nitrogens with two attached hydrogens (primary N) is 1. The zero-order valence-corrected chi connectivity index (χ0v) is 24.9. The molecule has 0 radical (unpaired) electrons. The van der Waals surface area contributed by atoms with Crippen molar-refractivity contribution >= 4 is 40.5 Å². The van der Waals surface area contributed by atoms with Crippen LogP contribution in [-0.4, -0.2) is 88.5 Å². The number of nitrogens with zero attached hydrogens (tertiary/aromatic N) is 2. The average molecular weight is 597 g/mol. The largest absolute Gasteiger partial charge is 0.508 e. The van der Waals surface area contributed by atoms with Crippen molar-refractivity contribution in [2.45, 2.75) is 63.0 Å². The summed E-state index contributed by atoms with van der Waals surface area (Å²) in [6.45, 7) is 0. The van der Waals surface area contributed by atoms with Gasteiger partial charge in [0.25, 0.3) is 5.91 Å². The number of carbonyl (C=O) groups is 4. The number of hydrogen-bond acceptors (Lipinski definition) is 10. The van der Waals surface area contributed by atoms with Crippen molar-refractivity contribution in [3.8, 4) is 5.75 Å². The molecular formula is C31H40N4O8. The first-order valence-corrected chi connectivity index (χ1v) is 14.7. The molecule has 4 aliphatic rings. The lowest BCUT2D eigenvalue weighted by Crippen LogP contribution is -2.65. The lowest BCUT2D eigenvalue weighted by molar-refractivity contribution is -0.153. The zero-order valence-electron chi connectivity index (χ0n) is 24.9. The molecule has 43 heavy (non-hydrogen) atoms. The molecule has 2 fully saturated rings. The van der Waals surface area contributed by atoms with Gasteiger partial charge in [0.1, 0.15) is 22.8 Å². The highest BCUT2D eigenvalue weighted by Gasteiger charge is 2.64. The van der Waals surface area contributed by atoms with E-state index in [2.05, 4.69) is 5.32 Å². The van der Waals surface area contributed by atoms with E-state index in [0.717, 1.165) is 32.1 Å². The predicted molar refractivity (Wildman–Crippen MR) is 158 cm³/mol. The second-order valence-electron chi connectivity index (χ2n) is 12.7. The van der Waals surface area contributed by atoms with Gasteiger partial charge in [0.05, 0.1) is 17.3 Å². The van der Waals surface area contributed by atoms with Gasteiger partial charge in [-0.25, -0.2) is 0 Å². The smallest absolute Gasteiger partial charge is 0.255 e. The Bertz CT molecular complexity index is 1470. The Morgan fingerprint density at radius 1 is 1.09 bits per heavy atom. The van der Waals surface area contributed by atoms with Gasteiger partial charge in [-0.05, 0) is 56.8 Å². The topological polar surface area (TPSA) is 194 Å². The first-order chi connectivity index (χ1) is 20.2. The molecule has 2 amide bonds. The molecule has 0 saturated heterocycles. The Labute approximate surface area is 249 Å². The van der Waals surface area contributed by atoms with E-state index < -0.39 is 63.8 Å². The Morgan fingerprint density at radius 2 is 1.74 bits per heavy atom. The zero-order chi connectivity index (χ0) is 31.5. The number of Topliss-reactive ketones (excluding diaryl/α,β-unsaturated/α-hetero) is 2. The number of phenols is 1. The number of nitrogens with one attached hydrogen (secondary N) is 1. The lowest BCUT2D eigenvalue weighted by atomic mass is 9.57. The molecule has 4 aliphatic carbocycles. The Kier molecular flexibility index (Phi) is 7.80. The van der Waals surface area contributed by atoms with Gasteiger partial charge in [-0.3, -0.25) is 24.1 Å². The fraction of sp³-hybridized carbons (Fsp3) is 0.548. The monoisotopic (exact) mass is 596 g/mol. The third-order valence-electron chi connectivity index (χ3n) is 9.71. The summed E-state index contributed by atoms with van der Waals surface area (Å²) in [6.07, 6.45) is 5.70. The molecular weight excluding hydrogens is 556 g/mol. The van der Waals surface area contributed by atoms with Crippen molar-refractivity contribution in [3.63, 3.8) is 0 Å². The number of amides is 2. The van der Waals surface area contributed by atoms with E-state index in [4.69, 9.17) is 5.73 Å². The molecule has 1 aromatic rings. The summed E-state index contributed by atoms with van der Waals surface area (Å²) in [5.41, 5.74) is 2.70. The van der Waals surface area contributed by atoms with Crippen molar-refractivity contribution in [2.75, 3.05) is 38.4 Å². The van der Waals surface area contributed by atoms with Crippen molar-refractivity contribution in [3.05, 3.63) is 34.1 Å². The highest BCUT2D eigenvalue weighted by atomic mass is 16.3. The van der Waals surface area contributed by atoms with E-state index in [1.165, 1.54) is 4.90 Å². The number of benzene rings is 1. The second kappa shape index (κ2) is 11.0. The van der Waals surface area contributed by atoms with E-state index in [1.54, 1.807) is 39.2 Å². The third-order valence-corrected chi connectivity index (χ3v) is 9.71. The molecule has 12 nitrogen and oxygen atoms in total. The van der Waals surface area contributed by atoms with Gasteiger partial charge in [0.15, 0.2) is 11.4 Å². The van der Waals surface area contributed by atoms with Gasteiger partial charge in [0, 0.05) is 37.7 Å². The normalized spacial score (nSPS) is 27.3. The number of carbonyl (C=O) groups excluding carboxylic acids is 4. The van der Waals surface area contributed by atoms with Gasteiger partial charge in [-0.1, -0.05) is 25.7 Å². The number of anilines is 2. The average Bonchev–Trinajstić information content (AvgIpc) is 3.44. The van der Waals surface area contributed by atoms with E-state index >= 15 is 0 Å². The molecule has 4 atom stereocenters. The Morgan fingerprint density at radius 3 is 2.33 bits per heavy atom. The van der Waals surface area contributed by atoms with E-state index in [0.29, 0.717) is 17.2 Å². The molecule has 0 heterocycles. The van der Waals surface area contributed by atoms with Crippen LogP contribution in [0.5, 0.6) is 5.75 Å². The van der Waals surface area contributed by atoms with Crippen molar-refractivity contribution in [2.24, 2.45) is 23.5 Å². The Hall–Kier alpha value is -3.90. The molecule has 7 N–H and O–H groups in total. The summed E-state index contributed by atoms with van der Waals surface area (Å²) in [4.78, 5) is 55.6. The van der Waals surface area contributed by atoms with Crippen molar-refractivity contribution in [1.82, 2.24) is 4.90 Å². The van der Waals surface area contributed by atoms with Crippen LogP contribution in [-0.2, 0) is 25.6 Å². The number of ketones is 2. The van der Waals surface area contributed by atoms with Crippen LogP contribution in [0.1, 0.15) is 56.1 Å². The van der Waals surface area contributed by atoms with Crippen LogP contribution in [0.4, 0.5) is 11.4 Å². The number of fused-ring (bicyclic) bond motifs is 3. The minimum Gasteiger partial charge on any atom is -0.508 e. The van der Waals surface area contributed by atoms with Crippen LogP contribution in [0.3, 0.4) is 0 Å². The number of primary amides is 1. The predicted octanol–water partition coefficient (Wildman–Crippen LogP) is 1.94. The van der Waals surface area contributed by atoms with Crippen LogP contribution in [0, 0.1) is 17.8 Å². The van der Waals surface area contributed by atoms with Crippen LogP contribution in [0.2, 0.25) is 0 Å². The quantitative estimate of drug-likeness (QED) is 0.200. The van der Waals surface area contributed by atoms with Gasteiger partial charge in [-0.15, -0.1) is 0 Å². The summed E-state index contributed by atoms with van der Waals surface area (Å²) in [5.74, 6) is -6.95. The first kappa shape index (κ1) is 30.6. The van der Waals surface area contributed by atoms with Gasteiger partial charge in [0.2, 0.25) is 11.7 Å². The molecule has 232 valence electrons. The number of aliphatic hydroxyl groups is 3. The minimum atomic E-state index is -2.71. The maximum absolute atomic E-state index is 14.1. The van der Waals surface area contributed by atoms with E-state index in [1.807, 2.05) is 0 Å². The minimum absolute atomic E-state index is 0.000946. The summed E-state index contributed by atoms with van der Waals surface area (Å²) in [7, 11) is 6.66. The maximum Gasteiger partial charge on any atom is 0.255 e. The van der Waals surface area contributed by atoms with Gasteiger partial charge < -0.3 is 36.4 Å². The lowest BCUT2D eigenvalue weighted by Gasteiger charge is -2.50. The van der Waals surface area contributed by atoms with Crippen LogP contribution in [0.25, 0.3) is 5.76 Å². The number of likely N-dealkylation sites (N-methyl/N-ethyl adjacent to an activating group) is 1. The van der Waals surface area contributed by atoms with E-state index in [9.17, 15) is 39.6 Å². The third kappa shape index (κ3) is 4.76. The maximum atomic E-state index is 14.1. The summed E-state index contributed by atoms with van der Waals surface area (Å²) in [5, 5.41) is 48.5. The number of aromatic hydroxyl groups is 1. The number of hydrogen-bond donors (Lipinski definition) is 6. The van der Waals surface area contributed by atoms with E-state index in [-0.39, 0.29) is 42.0 Å². The number of phenolic OH excluding ortho intramolecular Hbond substituents is 1. The summed E-state index contributed by atoms with van der Waals surface area (Å²) >= 11 is 0. The number of aliphatic hydroxyl groups excluding tert-OH is 2. The van der Waals surface area contributed by atoms with Crippen LogP contribution >= 0.6 is 0 Å². The summed E-state index contributed by atoms with van der Waals surface area (Å²) < 4.78 is 0. The molecule has 12 heteroatoms. The van der Waals surface area contributed by atoms with Crippen molar-refractivity contribution < 1.29 is 39.6 Å². The molecule has 0 spiro atoms. The van der Waals surface area contributed by atoms with Crippen LogP contribution < -0.4 is 16.0 Å². The molecule has 5 rings (SSSR count). The molecule has 2 saturated carbocycles. The van der Waals surface area contributed by atoms with Crippen LogP contribution in [0.15, 0.2) is 23.0 Å². The molecule has 1 aromatic carbocycles. The summed E-state index contributed by atoms with van der Waals surface area (Å²) in [6, 6.07) is 0.474. The van der Waals surface area contributed by atoms with Crippen molar-refractivity contribution in [1.29, 1.82) is 0 Å². The second-order valence-corrected chi connectivity index (χ2v) is 12.7.